The van der Waals surface area contributed by atoms with Crippen molar-refractivity contribution in [1.29, 1.82) is 0 Å². The molecule has 0 saturated carbocycles. The Morgan fingerprint density at radius 3 is 2.92 bits per heavy atom. The molecule has 1 N–H and O–H groups in total. The van der Waals surface area contributed by atoms with Gasteiger partial charge in [-0.1, -0.05) is 4.49 Å². The zero-order valence-electron chi connectivity index (χ0n) is 6.30. The molecule has 66 valence electrons. The Labute approximate surface area is 76.8 Å². The maximum atomic E-state index is 10.5. The highest BCUT2D eigenvalue weighted by Crippen LogP contribution is 2.20. The molecule has 2 heterocycles. The SMILES string of the molecule is O=C(O)c1ccc(-c2csnn2)o1. The van der Waals surface area contributed by atoms with Crippen molar-refractivity contribution in [3.8, 4) is 11.5 Å². The minimum absolute atomic E-state index is 0.0944. The van der Waals surface area contributed by atoms with Crippen LogP contribution < -0.4 is 0 Å². The Kier molecular flexibility index (Phi) is 1.82. The van der Waals surface area contributed by atoms with Crippen LogP contribution in [-0.2, 0) is 0 Å². The van der Waals surface area contributed by atoms with E-state index in [1.54, 1.807) is 11.4 Å². The molecule has 0 atom stereocenters. The van der Waals surface area contributed by atoms with Crippen LogP contribution in [0, 0.1) is 0 Å². The predicted octanol–water partition coefficient (Wildman–Crippen LogP) is 1.50. The van der Waals surface area contributed by atoms with Gasteiger partial charge in [-0.15, -0.1) is 5.10 Å². The molecule has 0 amide bonds. The second-order valence-electron chi connectivity index (χ2n) is 2.26. The van der Waals surface area contributed by atoms with Gasteiger partial charge < -0.3 is 9.52 Å². The summed E-state index contributed by atoms with van der Waals surface area (Å²) < 4.78 is 8.63. The van der Waals surface area contributed by atoms with E-state index in [0.29, 0.717) is 11.5 Å². The highest BCUT2D eigenvalue weighted by Gasteiger charge is 2.11. The van der Waals surface area contributed by atoms with E-state index in [1.807, 2.05) is 0 Å². The molecular weight excluding hydrogens is 192 g/mol. The van der Waals surface area contributed by atoms with E-state index in [9.17, 15) is 4.79 Å². The second kappa shape index (κ2) is 2.98. The average molecular weight is 196 g/mol. The van der Waals surface area contributed by atoms with Gasteiger partial charge in [0.15, 0.2) is 5.76 Å². The molecule has 0 bridgehead atoms. The van der Waals surface area contributed by atoms with E-state index in [2.05, 4.69) is 9.59 Å². The number of carboxylic acids is 1. The van der Waals surface area contributed by atoms with Crippen LogP contribution in [0.3, 0.4) is 0 Å². The number of nitrogens with zero attached hydrogens (tertiary/aromatic N) is 2. The lowest BCUT2D eigenvalue weighted by molar-refractivity contribution is 0.0663. The molecule has 6 heteroatoms. The average Bonchev–Trinajstić information content (AvgIpc) is 2.75. The van der Waals surface area contributed by atoms with Crippen LogP contribution in [0.1, 0.15) is 10.6 Å². The molecule has 0 spiro atoms. The van der Waals surface area contributed by atoms with Gasteiger partial charge in [0, 0.05) is 5.38 Å². The number of hydrogen-bond acceptors (Lipinski definition) is 5. The fourth-order valence-corrected chi connectivity index (χ4v) is 1.31. The lowest BCUT2D eigenvalue weighted by Gasteiger charge is -1.86. The van der Waals surface area contributed by atoms with E-state index in [1.165, 1.54) is 17.6 Å². The molecule has 0 fully saturated rings. The van der Waals surface area contributed by atoms with E-state index in [-0.39, 0.29) is 5.76 Å². The number of rotatable bonds is 2. The Morgan fingerprint density at radius 1 is 1.54 bits per heavy atom. The molecule has 0 aromatic carbocycles. The third-order valence-corrected chi connectivity index (χ3v) is 1.93. The Hall–Kier alpha value is -1.69. The second-order valence-corrected chi connectivity index (χ2v) is 2.87. The Morgan fingerprint density at radius 2 is 2.38 bits per heavy atom. The number of hydrogen-bond donors (Lipinski definition) is 1. The molecular formula is C7H4N2O3S. The largest absolute Gasteiger partial charge is 0.475 e. The van der Waals surface area contributed by atoms with Gasteiger partial charge >= 0.3 is 5.97 Å². The molecule has 0 unspecified atom stereocenters. The monoisotopic (exact) mass is 196 g/mol. The van der Waals surface area contributed by atoms with Crippen LogP contribution >= 0.6 is 11.5 Å². The zero-order chi connectivity index (χ0) is 9.26. The first-order valence-corrected chi connectivity index (χ1v) is 4.21. The molecule has 0 saturated heterocycles. The third kappa shape index (κ3) is 1.43. The molecule has 0 aliphatic rings. The van der Waals surface area contributed by atoms with Crippen LogP contribution in [0.2, 0.25) is 0 Å². The summed E-state index contributed by atoms with van der Waals surface area (Å²) in [5, 5.41) is 14.0. The molecule has 5 nitrogen and oxygen atoms in total. The molecule has 13 heavy (non-hydrogen) atoms. The number of aromatic carboxylic acids is 1. The van der Waals surface area contributed by atoms with Gasteiger partial charge in [-0.25, -0.2) is 4.79 Å². The molecule has 2 aromatic heterocycles. The quantitative estimate of drug-likeness (QED) is 0.787. The highest BCUT2D eigenvalue weighted by atomic mass is 32.1. The smallest absolute Gasteiger partial charge is 0.371 e. The first-order chi connectivity index (χ1) is 6.27. The molecule has 0 radical (unpaired) electrons. The first kappa shape index (κ1) is 7.93. The minimum atomic E-state index is -1.09. The number of carbonyl (C=O) groups is 1. The summed E-state index contributed by atoms with van der Waals surface area (Å²) in [5.74, 6) is -0.761. The molecule has 0 aliphatic heterocycles. The van der Waals surface area contributed by atoms with Crippen molar-refractivity contribution in [2.75, 3.05) is 0 Å². The molecule has 0 aliphatic carbocycles. The summed E-state index contributed by atoms with van der Waals surface area (Å²) in [5.41, 5.74) is 0.553. The first-order valence-electron chi connectivity index (χ1n) is 3.38. The summed E-state index contributed by atoms with van der Waals surface area (Å²) in [4.78, 5) is 10.5. The summed E-state index contributed by atoms with van der Waals surface area (Å²) >= 11 is 1.18. The Balaban J connectivity index is 2.39. The van der Waals surface area contributed by atoms with E-state index < -0.39 is 5.97 Å². The highest BCUT2D eigenvalue weighted by molar-refractivity contribution is 7.03. The number of aromatic nitrogens is 2. The fraction of sp³-hybridized carbons (Fsp3) is 0. The third-order valence-electron chi connectivity index (χ3n) is 1.43. The van der Waals surface area contributed by atoms with Crippen molar-refractivity contribution < 1.29 is 14.3 Å². The van der Waals surface area contributed by atoms with E-state index in [4.69, 9.17) is 9.52 Å². The van der Waals surface area contributed by atoms with Gasteiger partial charge in [0.25, 0.3) is 0 Å². The summed E-state index contributed by atoms with van der Waals surface area (Å²) in [6, 6.07) is 2.94. The van der Waals surface area contributed by atoms with E-state index in [0.717, 1.165) is 0 Å². The van der Waals surface area contributed by atoms with E-state index >= 15 is 0 Å². The normalized spacial score (nSPS) is 10.2. The predicted molar refractivity (Wildman–Crippen MR) is 44.6 cm³/mol. The lowest BCUT2D eigenvalue weighted by Crippen LogP contribution is -1.91. The van der Waals surface area contributed by atoms with Crippen molar-refractivity contribution in [3.63, 3.8) is 0 Å². The van der Waals surface area contributed by atoms with Crippen molar-refractivity contribution in [2.45, 2.75) is 0 Å². The van der Waals surface area contributed by atoms with Crippen LogP contribution in [0.15, 0.2) is 21.9 Å². The van der Waals surface area contributed by atoms with Gasteiger partial charge in [-0.05, 0) is 23.7 Å². The van der Waals surface area contributed by atoms with Crippen molar-refractivity contribution >= 4 is 17.5 Å². The van der Waals surface area contributed by atoms with Crippen molar-refractivity contribution in [3.05, 3.63) is 23.3 Å². The standard InChI is InChI=1S/C7H4N2O3S/c10-7(11)6-2-1-5(12-6)4-3-13-9-8-4/h1-3H,(H,10,11). The zero-order valence-corrected chi connectivity index (χ0v) is 7.11. The van der Waals surface area contributed by atoms with Crippen molar-refractivity contribution in [1.82, 2.24) is 9.59 Å². The van der Waals surface area contributed by atoms with Gasteiger partial charge in [-0.2, -0.15) is 0 Å². The Bertz CT molecular complexity index is 421. The van der Waals surface area contributed by atoms with Gasteiger partial charge in [0.05, 0.1) is 0 Å². The summed E-state index contributed by atoms with van der Waals surface area (Å²) in [6.45, 7) is 0. The maximum absolute atomic E-state index is 10.5. The van der Waals surface area contributed by atoms with Gasteiger partial charge in [-0.3, -0.25) is 0 Å². The molecule has 2 aromatic rings. The van der Waals surface area contributed by atoms with Crippen LogP contribution in [0.25, 0.3) is 11.5 Å². The number of carboxylic acid groups (broad SMARTS) is 1. The maximum Gasteiger partial charge on any atom is 0.371 e. The van der Waals surface area contributed by atoms with Crippen molar-refractivity contribution in [2.24, 2.45) is 0 Å². The van der Waals surface area contributed by atoms with Gasteiger partial charge in [0.1, 0.15) is 5.69 Å². The number of furan rings is 1. The van der Waals surface area contributed by atoms with Crippen LogP contribution in [0.5, 0.6) is 0 Å². The van der Waals surface area contributed by atoms with Crippen LogP contribution in [-0.4, -0.2) is 20.7 Å². The molecule has 2 rings (SSSR count). The van der Waals surface area contributed by atoms with Gasteiger partial charge in [0.2, 0.25) is 5.76 Å². The minimum Gasteiger partial charge on any atom is -0.475 e. The lowest BCUT2D eigenvalue weighted by atomic mass is 10.4. The topological polar surface area (TPSA) is 76.2 Å². The fourth-order valence-electron chi connectivity index (χ4n) is 0.862. The van der Waals surface area contributed by atoms with Crippen LogP contribution in [0.4, 0.5) is 0 Å². The summed E-state index contributed by atoms with van der Waals surface area (Å²) in [6.07, 6.45) is 0. The summed E-state index contributed by atoms with van der Waals surface area (Å²) in [7, 11) is 0.